The van der Waals surface area contributed by atoms with Crippen molar-refractivity contribution in [2.24, 2.45) is 0 Å². The molecule has 1 rings (SSSR count). The molecule has 0 aliphatic rings. The lowest BCUT2D eigenvalue weighted by molar-refractivity contribution is 0.0518. The predicted octanol–water partition coefficient (Wildman–Crippen LogP) is 2.78. The van der Waals surface area contributed by atoms with Crippen LogP contribution in [-0.4, -0.2) is 21.8 Å². The molecule has 0 saturated heterocycles. The quantitative estimate of drug-likeness (QED) is 0.754. The summed E-state index contributed by atoms with van der Waals surface area (Å²) in [5, 5.41) is 3.68. The van der Waals surface area contributed by atoms with Crippen molar-refractivity contribution in [1.29, 1.82) is 0 Å². The first kappa shape index (κ1) is 14.0. The average Bonchev–Trinajstić information content (AvgIpc) is 2.63. The van der Waals surface area contributed by atoms with Crippen LogP contribution in [0.4, 0.5) is 3.89 Å². The van der Waals surface area contributed by atoms with Crippen molar-refractivity contribution < 1.29 is 13.4 Å². The van der Waals surface area contributed by atoms with Gasteiger partial charge in [0.05, 0.1) is 6.61 Å². The van der Waals surface area contributed by atoms with E-state index in [1.54, 1.807) is 13.8 Å². The Kier molecular flexibility index (Phi) is 6.77. The Balaban J connectivity index is 0.000000921. The van der Waals surface area contributed by atoms with Crippen LogP contribution in [0, 0.1) is 6.92 Å². The maximum absolute atomic E-state index is 12.0. The molecule has 1 aromatic heterocycles. The fourth-order valence-electron chi connectivity index (χ4n) is 0.870. The van der Waals surface area contributed by atoms with Crippen LogP contribution >= 0.6 is 12.3 Å². The van der Waals surface area contributed by atoms with Gasteiger partial charge in [-0.2, -0.15) is 9.19 Å². The third-order valence-electron chi connectivity index (χ3n) is 1.42. The summed E-state index contributed by atoms with van der Waals surface area (Å²) in [5.41, 5.74) is 0.760. The molecule has 0 bridgehead atoms. The molecule has 0 aliphatic heterocycles. The summed E-state index contributed by atoms with van der Waals surface area (Å²) in [6, 6.07) is 0. The molecule has 1 aromatic rings. The van der Waals surface area contributed by atoms with Crippen molar-refractivity contribution in [3.8, 4) is 0 Å². The van der Waals surface area contributed by atoms with Gasteiger partial charge >= 0.3 is 5.97 Å². The monoisotopic (exact) mass is 234 g/mol. The zero-order valence-corrected chi connectivity index (χ0v) is 10.1. The lowest BCUT2D eigenvalue weighted by Gasteiger charge is -1.97. The van der Waals surface area contributed by atoms with E-state index in [-0.39, 0.29) is 24.6 Å². The van der Waals surface area contributed by atoms with Crippen LogP contribution in [-0.2, 0) is 4.74 Å². The molecule has 0 radical (unpaired) electrons. The van der Waals surface area contributed by atoms with Crippen LogP contribution in [0.5, 0.6) is 0 Å². The summed E-state index contributed by atoms with van der Waals surface area (Å²) in [5.74, 6) is -0.521. The second-order valence-electron chi connectivity index (χ2n) is 2.35. The number of rotatable bonds is 3. The van der Waals surface area contributed by atoms with Gasteiger partial charge < -0.3 is 4.74 Å². The van der Waals surface area contributed by atoms with Crippen molar-refractivity contribution in [1.82, 2.24) is 9.19 Å². The number of hydrogen-bond acceptors (Lipinski definition) is 4. The highest BCUT2D eigenvalue weighted by Crippen LogP contribution is 2.12. The molecule has 0 amide bonds. The molecule has 0 N–H and O–H groups in total. The molecule has 4 nitrogen and oxygen atoms in total. The Hall–Kier alpha value is -1.04. The molecule has 0 unspecified atom stereocenters. The molecule has 86 valence electrons. The van der Waals surface area contributed by atoms with Gasteiger partial charge in [-0.25, -0.2) is 4.79 Å². The molecule has 15 heavy (non-hydrogen) atoms. The Bertz CT molecular complexity index is 315. The van der Waals surface area contributed by atoms with Gasteiger partial charge in [0, 0.05) is 11.8 Å². The van der Waals surface area contributed by atoms with Gasteiger partial charge in [0.2, 0.25) is 0 Å². The van der Waals surface area contributed by atoms with Crippen LogP contribution < -0.4 is 0 Å². The van der Waals surface area contributed by atoms with Gasteiger partial charge in [0.25, 0.3) is 0 Å². The summed E-state index contributed by atoms with van der Waals surface area (Å²) in [7, 11) is 0. The van der Waals surface area contributed by atoms with Crippen molar-refractivity contribution in [3.63, 3.8) is 0 Å². The van der Waals surface area contributed by atoms with Gasteiger partial charge in [-0.3, -0.25) is 0 Å². The highest BCUT2D eigenvalue weighted by atomic mass is 32.2. The van der Waals surface area contributed by atoms with Crippen LogP contribution in [0.15, 0.2) is 6.20 Å². The number of nitrogens with zero attached hydrogens (tertiary/aromatic N) is 2. The average molecular weight is 234 g/mol. The molecule has 0 aliphatic carbocycles. The minimum atomic E-state index is -0.521. The fourth-order valence-corrected chi connectivity index (χ4v) is 1.18. The summed E-state index contributed by atoms with van der Waals surface area (Å²) < 4.78 is 17.7. The van der Waals surface area contributed by atoms with Crippen LogP contribution in [0.3, 0.4) is 0 Å². The predicted molar refractivity (Wildman–Crippen MR) is 58.4 cm³/mol. The van der Waals surface area contributed by atoms with Crippen molar-refractivity contribution in [2.45, 2.75) is 27.7 Å². The molecular formula is C9H15FN2O2S. The fraction of sp³-hybridized carbons (Fsp3) is 0.556. The highest BCUT2D eigenvalue weighted by molar-refractivity contribution is 7.92. The van der Waals surface area contributed by atoms with E-state index in [0.29, 0.717) is 5.56 Å². The molecule has 6 heteroatoms. The molecule has 0 saturated carbocycles. The maximum Gasteiger partial charge on any atom is 0.359 e. The summed E-state index contributed by atoms with van der Waals surface area (Å²) >= 11 is -0.0629. The van der Waals surface area contributed by atoms with E-state index >= 15 is 0 Å². The van der Waals surface area contributed by atoms with E-state index in [1.165, 1.54) is 6.20 Å². The molecule has 0 atom stereocenters. The molecule has 1 heterocycles. The van der Waals surface area contributed by atoms with Crippen molar-refractivity contribution in [3.05, 3.63) is 17.5 Å². The largest absolute Gasteiger partial charge is 0.461 e. The Morgan fingerprint density at radius 2 is 2.27 bits per heavy atom. The lowest BCUT2D eigenvalue weighted by atomic mass is 10.3. The first-order valence-corrected chi connectivity index (χ1v) is 5.39. The smallest absolute Gasteiger partial charge is 0.359 e. The van der Waals surface area contributed by atoms with Crippen LogP contribution in [0.25, 0.3) is 0 Å². The minimum absolute atomic E-state index is 0.0629. The first-order chi connectivity index (χ1) is 7.19. The lowest BCUT2D eigenvalue weighted by Crippen LogP contribution is -2.07. The summed E-state index contributed by atoms with van der Waals surface area (Å²) in [4.78, 5) is 11.2. The zero-order valence-electron chi connectivity index (χ0n) is 9.28. The number of ether oxygens (including phenoxy) is 1. The summed E-state index contributed by atoms with van der Waals surface area (Å²) in [6.45, 7) is 7.66. The van der Waals surface area contributed by atoms with E-state index in [4.69, 9.17) is 4.74 Å². The standard InChI is InChI=1S/C7H9FN2O2S.C2H6/c1-3-12-7(11)6-5(2)4-10(9-6)13-8;1-2/h4H,3H2,1-2H3;1-2H3. The van der Waals surface area contributed by atoms with Gasteiger partial charge in [-0.1, -0.05) is 13.8 Å². The van der Waals surface area contributed by atoms with E-state index in [0.717, 1.165) is 4.09 Å². The number of carbonyl (C=O) groups excluding carboxylic acids is 1. The van der Waals surface area contributed by atoms with Gasteiger partial charge in [-0.15, -0.1) is 3.89 Å². The second-order valence-corrected chi connectivity index (χ2v) is 2.86. The highest BCUT2D eigenvalue weighted by Gasteiger charge is 2.14. The third-order valence-corrected chi connectivity index (χ3v) is 1.74. The number of aromatic nitrogens is 2. The first-order valence-electron chi connectivity index (χ1n) is 4.71. The van der Waals surface area contributed by atoms with Gasteiger partial charge in [-0.05, 0) is 13.8 Å². The number of esters is 1. The van der Waals surface area contributed by atoms with E-state index in [2.05, 4.69) is 5.10 Å². The van der Waals surface area contributed by atoms with E-state index < -0.39 is 5.97 Å². The van der Waals surface area contributed by atoms with Crippen LogP contribution in [0.2, 0.25) is 0 Å². The molecule has 0 fully saturated rings. The van der Waals surface area contributed by atoms with E-state index in [9.17, 15) is 8.68 Å². The van der Waals surface area contributed by atoms with Crippen molar-refractivity contribution in [2.75, 3.05) is 6.61 Å². The Morgan fingerprint density at radius 3 is 2.67 bits per heavy atom. The molecule has 0 aromatic carbocycles. The molecular weight excluding hydrogens is 219 g/mol. The SMILES string of the molecule is CC.CCOC(=O)c1nn(SF)cc1C. The molecule has 0 spiro atoms. The number of halogens is 1. The number of hydrogen-bond donors (Lipinski definition) is 0. The second kappa shape index (κ2) is 7.28. The van der Waals surface area contributed by atoms with E-state index in [1.807, 2.05) is 13.8 Å². The Labute approximate surface area is 93.2 Å². The van der Waals surface area contributed by atoms with Gasteiger partial charge in [0.1, 0.15) is 0 Å². The zero-order chi connectivity index (χ0) is 11.8. The normalized spacial score (nSPS) is 9.13. The van der Waals surface area contributed by atoms with Gasteiger partial charge in [0.15, 0.2) is 18.0 Å². The van der Waals surface area contributed by atoms with Crippen LogP contribution in [0.1, 0.15) is 36.8 Å². The summed E-state index contributed by atoms with van der Waals surface area (Å²) in [6.07, 6.45) is 1.43. The van der Waals surface area contributed by atoms with Crippen molar-refractivity contribution >= 4 is 18.3 Å². The maximum atomic E-state index is 12.0. The minimum Gasteiger partial charge on any atom is -0.461 e. The topological polar surface area (TPSA) is 44.1 Å². The Morgan fingerprint density at radius 1 is 1.67 bits per heavy atom. The number of carbonyl (C=O) groups is 1. The third kappa shape index (κ3) is 3.91. The number of aryl methyl sites for hydroxylation is 1.